The topological polar surface area (TPSA) is 143 Å². The largest absolute Gasteiger partial charge is 0.368 e. The molecule has 1 saturated heterocycles. The predicted molar refractivity (Wildman–Crippen MR) is 125 cm³/mol. The van der Waals surface area contributed by atoms with E-state index in [4.69, 9.17) is 5.73 Å². The molecule has 0 unspecified atom stereocenters. The molecule has 0 bridgehead atoms. The first-order chi connectivity index (χ1) is 16.4. The molecule has 1 aliphatic rings. The van der Waals surface area contributed by atoms with Crippen LogP contribution in [0.4, 0.5) is 0 Å². The van der Waals surface area contributed by atoms with Crippen LogP contribution >= 0.6 is 0 Å². The molecule has 1 aromatic heterocycles. The molecule has 4 amide bonds. The van der Waals surface area contributed by atoms with Gasteiger partial charge in [-0.2, -0.15) is 0 Å². The summed E-state index contributed by atoms with van der Waals surface area (Å²) in [7, 11) is 0. The number of benzene rings is 2. The van der Waals surface area contributed by atoms with E-state index in [-0.39, 0.29) is 18.7 Å². The number of fused-ring (bicyclic) bond motifs is 1. The van der Waals surface area contributed by atoms with Crippen molar-refractivity contribution in [1.29, 1.82) is 0 Å². The molecule has 0 saturated carbocycles. The van der Waals surface area contributed by atoms with E-state index in [0.717, 1.165) is 16.5 Å². The van der Waals surface area contributed by atoms with Gasteiger partial charge in [0.2, 0.25) is 23.6 Å². The number of amides is 4. The van der Waals surface area contributed by atoms with Gasteiger partial charge in [-0.15, -0.1) is 0 Å². The summed E-state index contributed by atoms with van der Waals surface area (Å²) in [6.45, 7) is 0. The zero-order chi connectivity index (χ0) is 24.1. The molecular weight excluding hydrogens is 434 g/mol. The van der Waals surface area contributed by atoms with Gasteiger partial charge in [0.1, 0.15) is 18.1 Å². The van der Waals surface area contributed by atoms with E-state index in [0.29, 0.717) is 12.1 Å². The van der Waals surface area contributed by atoms with E-state index < -0.39 is 35.8 Å². The normalized spacial score (nSPS) is 18.6. The Labute approximate surface area is 196 Å². The summed E-state index contributed by atoms with van der Waals surface area (Å²) in [6.07, 6.45) is 0.138. The Morgan fingerprint density at radius 3 is 2.35 bits per heavy atom. The quantitative estimate of drug-likeness (QED) is 0.385. The lowest BCUT2D eigenvalue weighted by Crippen LogP contribution is -2.63. The monoisotopic (exact) mass is 459 g/mol. The van der Waals surface area contributed by atoms with Crippen molar-refractivity contribution in [2.24, 2.45) is 5.73 Å². The average Bonchev–Trinajstić information content (AvgIpc) is 2.82. The summed E-state index contributed by atoms with van der Waals surface area (Å²) in [5.74, 6) is -2.12. The molecule has 1 aliphatic heterocycles. The number of nitrogens with zero attached hydrogens (tertiary/aromatic N) is 1. The van der Waals surface area contributed by atoms with E-state index in [1.54, 1.807) is 6.07 Å². The predicted octanol–water partition coefficient (Wildman–Crippen LogP) is 0.363. The van der Waals surface area contributed by atoms with Crippen molar-refractivity contribution in [2.75, 3.05) is 0 Å². The van der Waals surface area contributed by atoms with Crippen LogP contribution in [0.25, 0.3) is 10.9 Å². The van der Waals surface area contributed by atoms with Crippen LogP contribution in [-0.2, 0) is 32.0 Å². The minimum atomic E-state index is -1.04. The first-order valence-electron chi connectivity index (χ1n) is 11.0. The first kappa shape index (κ1) is 22.9. The van der Waals surface area contributed by atoms with Gasteiger partial charge < -0.3 is 21.7 Å². The number of piperazine rings is 1. The molecule has 9 heteroatoms. The summed E-state index contributed by atoms with van der Waals surface area (Å²) in [5, 5.41) is 8.79. The van der Waals surface area contributed by atoms with Crippen molar-refractivity contribution in [3.63, 3.8) is 0 Å². The van der Waals surface area contributed by atoms with Gasteiger partial charge in [-0.25, -0.2) is 0 Å². The smallest absolute Gasteiger partial charge is 0.243 e. The number of hydrogen-bond acceptors (Lipinski definition) is 5. The molecule has 4 rings (SSSR count). The third-order valence-corrected chi connectivity index (χ3v) is 5.69. The van der Waals surface area contributed by atoms with Gasteiger partial charge in [0.15, 0.2) is 0 Å². The number of pyridine rings is 1. The SMILES string of the molecule is NC(=O)[C@@H](Cc1ccc2ccccc2n1)NC(=O)C[C@@H]1NC(=O)[C@H](Cc2ccccc2)NC1=O. The number of para-hydroxylation sites is 1. The minimum absolute atomic E-state index is 0.105. The maximum absolute atomic E-state index is 12.6. The molecular formula is C25H25N5O4. The number of carbonyl (C=O) groups excluding carboxylic acids is 4. The highest BCUT2D eigenvalue weighted by molar-refractivity contribution is 5.99. The van der Waals surface area contributed by atoms with Gasteiger partial charge in [0.25, 0.3) is 0 Å². The zero-order valence-corrected chi connectivity index (χ0v) is 18.4. The van der Waals surface area contributed by atoms with Crippen molar-refractivity contribution < 1.29 is 19.2 Å². The highest BCUT2D eigenvalue weighted by atomic mass is 16.2. The fraction of sp³-hybridized carbons (Fsp3) is 0.240. The summed E-state index contributed by atoms with van der Waals surface area (Å²) in [6, 6.07) is 17.7. The maximum atomic E-state index is 12.6. The number of aromatic nitrogens is 1. The lowest BCUT2D eigenvalue weighted by atomic mass is 10.0. The van der Waals surface area contributed by atoms with E-state index in [2.05, 4.69) is 20.9 Å². The van der Waals surface area contributed by atoms with Crippen LogP contribution in [0.1, 0.15) is 17.7 Å². The first-order valence-corrected chi connectivity index (χ1v) is 11.0. The Kier molecular flexibility index (Phi) is 6.82. The lowest BCUT2D eigenvalue weighted by Gasteiger charge is -2.29. The van der Waals surface area contributed by atoms with Crippen molar-refractivity contribution in [3.05, 3.63) is 78.0 Å². The molecule has 0 spiro atoms. The Hall–Kier alpha value is -4.27. The number of rotatable bonds is 8. The standard InChI is InChI=1S/C25H25N5O4/c26-23(32)19(13-17-11-10-16-8-4-5-9-18(16)27-17)28-22(31)14-21-25(34)29-20(24(33)30-21)12-15-6-2-1-3-7-15/h1-11,19-21H,12-14H2,(H2,26,32)(H,28,31)(H,29,34)(H,30,33)/t19-,20+,21+/m1/s1. The Morgan fingerprint density at radius 2 is 1.59 bits per heavy atom. The van der Waals surface area contributed by atoms with Crippen LogP contribution in [0.3, 0.4) is 0 Å². The van der Waals surface area contributed by atoms with Crippen LogP contribution in [0.2, 0.25) is 0 Å². The second kappa shape index (κ2) is 10.1. The average molecular weight is 460 g/mol. The third-order valence-electron chi connectivity index (χ3n) is 5.69. The molecule has 1 fully saturated rings. The molecule has 0 aliphatic carbocycles. The summed E-state index contributed by atoms with van der Waals surface area (Å²) < 4.78 is 0. The number of nitrogens with one attached hydrogen (secondary N) is 3. The van der Waals surface area contributed by atoms with Gasteiger partial charge in [-0.05, 0) is 17.7 Å². The number of hydrogen-bond donors (Lipinski definition) is 4. The van der Waals surface area contributed by atoms with Crippen molar-refractivity contribution in [2.45, 2.75) is 37.4 Å². The Bertz CT molecular complexity index is 1230. The summed E-state index contributed by atoms with van der Waals surface area (Å²) in [5.41, 5.74) is 7.75. The van der Waals surface area contributed by atoms with Crippen LogP contribution in [-0.4, -0.2) is 46.7 Å². The molecule has 2 aromatic carbocycles. The van der Waals surface area contributed by atoms with Crippen LogP contribution < -0.4 is 21.7 Å². The molecule has 0 radical (unpaired) electrons. The Balaban J connectivity index is 1.35. The van der Waals surface area contributed by atoms with Gasteiger partial charge in [-0.1, -0.05) is 54.6 Å². The van der Waals surface area contributed by atoms with Gasteiger partial charge in [0.05, 0.1) is 11.9 Å². The van der Waals surface area contributed by atoms with Crippen molar-refractivity contribution in [1.82, 2.24) is 20.9 Å². The molecule has 2 heterocycles. The third kappa shape index (κ3) is 5.55. The number of nitrogens with two attached hydrogens (primary N) is 1. The maximum Gasteiger partial charge on any atom is 0.243 e. The van der Waals surface area contributed by atoms with Gasteiger partial charge >= 0.3 is 0 Å². The Morgan fingerprint density at radius 1 is 0.912 bits per heavy atom. The minimum Gasteiger partial charge on any atom is -0.368 e. The van der Waals surface area contributed by atoms with E-state index in [1.807, 2.05) is 60.7 Å². The fourth-order valence-corrected chi connectivity index (χ4v) is 3.91. The molecule has 34 heavy (non-hydrogen) atoms. The van der Waals surface area contributed by atoms with E-state index in [9.17, 15) is 19.2 Å². The lowest BCUT2D eigenvalue weighted by molar-refractivity contribution is -0.138. The zero-order valence-electron chi connectivity index (χ0n) is 18.4. The van der Waals surface area contributed by atoms with E-state index >= 15 is 0 Å². The second-order valence-corrected chi connectivity index (χ2v) is 8.24. The van der Waals surface area contributed by atoms with Crippen LogP contribution in [0.5, 0.6) is 0 Å². The van der Waals surface area contributed by atoms with Crippen molar-refractivity contribution in [3.8, 4) is 0 Å². The van der Waals surface area contributed by atoms with Crippen LogP contribution in [0.15, 0.2) is 66.7 Å². The highest BCUT2D eigenvalue weighted by Gasteiger charge is 2.35. The molecule has 3 atom stereocenters. The van der Waals surface area contributed by atoms with Crippen LogP contribution in [0, 0.1) is 0 Å². The van der Waals surface area contributed by atoms with Gasteiger partial charge in [0, 0.05) is 23.9 Å². The summed E-state index contributed by atoms with van der Waals surface area (Å²) >= 11 is 0. The number of carbonyl (C=O) groups is 4. The molecule has 9 nitrogen and oxygen atoms in total. The second-order valence-electron chi connectivity index (χ2n) is 8.24. The molecule has 3 aromatic rings. The van der Waals surface area contributed by atoms with Crippen molar-refractivity contribution >= 4 is 34.5 Å². The van der Waals surface area contributed by atoms with Gasteiger partial charge in [-0.3, -0.25) is 24.2 Å². The van der Waals surface area contributed by atoms with E-state index in [1.165, 1.54) is 0 Å². The fourth-order valence-electron chi connectivity index (χ4n) is 3.91. The highest BCUT2D eigenvalue weighted by Crippen LogP contribution is 2.13. The summed E-state index contributed by atoms with van der Waals surface area (Å²) in [4.78, 5) is 54.0. The molecule has 5 N–H and O–H groups in total. The number of primary amides is 1. The molecule has 174 valence electrons.